The molecule has 1 heteroatoms. The number of hydrogen-bond acceptors (Lipinski definition) is 1. The van der Waals surface area contributed by atoms with Gasteiger partial charge in [0.15, 0.2) is 0 Å². The van der Waals surface area contributed by atoms with Crippen LogP contribution in [0.5, 0.6) is 0 Å². The van der Waals surface area contributed by atoms with E-state index in [1.807, 2.05) is 0 Å². The maximum absolute atomic E-state index is 3.48. The Balaban J connectivity index is 2.46. The molecular formula is C12H19N. The highest BCUT2D eigenvalue weighted by molar-refractivity contribution is 5.15. The van der Waals surface area contributed by atoms with Gasteiger partial charge in [0.1, 0.15) is 0 Å². The van der Waals surface area contributed by atoms with Gasteiger partial charge >= 0.3 is 0 Å². The molecule has 72 valence electrons. The van der Waals surface area contributed by atoms with Crippen LogP contribution in [-0.4, -0.2) is 12.6 Å². The summed E-state index contributed by atoms with van der Waals surface area (Å²) in [6.07, 6.45) is 2.34. The third kappa shape index (κ3) is 3.60. The number of nitrogens with one attached hydrogen (secondary N) is 1. The molecule has 0 fully saturated rings. The summed E-state index contributed by atoms with van der Waals surface area (Å²) in [6.45, 7) is 5.45. The Morgan fingerprint density at radius 3 is 2.38 bits per heavy atom. The SMILES string of the molecule is CCN[C@H](CC)Cc1ccccc1. The largest absolute Gasteiger partial charge is 0.314 e. The zero-order chi connectivity index (χ0) is 9.52. The summed E-state index contributed by atoms with van der Waals surface area (Å²) in [5.41, 5.74) is 1.43. The van der Waals surface area contributed by atoms with Crippen LogP contribution in [0.4, 0.5) is 0 Å². The number of benzene rings is 1. The van der Waals surface area contributed by atoms with Crippen LogP contribution in [0, 0.1) is 0 Å². The van der Waals surface area contributed by atoms with Crippen molar-refractivity contribution in [1.29, 1.82) is 0 Å². The topological polar surface area (TPSA) is 12.0 Å². The average molecular weight is 177 g/mol. The summed E-state index contributed by atoms with van der Waals surface area (Å²) in [4.78, 5) is 0. The Hall–Kier alpha value is -0.820. The predicted molar refractivity (Wildman–Crippen MR) is 57.9 cm³/mol. The maximum atomic E-state index is 3.48. The van der Waals surface area contributed by atoms with E-state index in [-0.39, 0.29) is 0 Å². The highest BCUT2D eigenvalue weighted by atomic mass is 14.9. The van der Waals surface area contributed by atoms with Gasteiger partial charge in [0.2, 0.25) is 0 Å². The molecule has 1 aromatic rings. The van der Waals surface area contributed by atoms with Gasteiger partial charge in [0, 0.05) is 6.04 Å². The Kier molecular flexibility index (Phi) is 4.55. The van der Waals surface area contributed by atoms with Crippen LogP contribution >= 0.6 is 0 Å². The van der Waals surface area contributed by atoms with Gasteiger partial charge in [-0.15, -0.1) is 0 Å². The van der Waals surface area contributed by atoms with Gasteiger partial charge in [-0.25, -0.2) is 0 Å². The molecule has 1 atom stereocenters. The van der Waals surface area contributed by atoms with Crippen LogP contribution in [0.15, 0.2) is 30.3 Å². The summed E-state index contributed by atoms with van der Waals surface area (Å²) in [7, 11) is 0. The second kappa shape index (κ2) is 5.76. The molecule has 0 radical (unpaired) electrons. The Morgan fingerprint density at radius 2 is 1.85 bits per heavy atom. The Labute approximate surface area is 81.2 Å². The summed E-state index contributed by atoms with van der Waals surface area (Å²) in [5, 5.41) is 3.48. The fourth-order valence-electron chi connectivity index (χ4n) is 1.55. The van der Waals surface area contributed by atoms with Crippen molar-refractivity contribution < 1.29 is 0 Å². The lowest BCUT2D eigenvalue weighted by molar-refractivity contribution is 0.510. The van der Waals surface area contributed by atoms with Gasteiger partial charge in [-0.2, -0.15) is 0 Å². The minimum atomic E-state index is 0.632. The molecule has 1 nitrogen and oxygen atoms in total. The van der Waals surface area contributed by atoms with Crippen molar-refractivity contribution >= 4 is 0 Å². The molecule has 0 aliphatic carbocycles. The monoisotopic (exact) mass is 177 g/mol. The van der Waals surface area contributed by atoms with E-state index in [1.165, 1.54) is 12.0 Å². The molecule has 0 bridgehead atoms. The zero-order valence-corrected chi connectivity index (χ0v) is 8.59. The van der Waals surface area contributed by atoms with Gasteiger partial charge in [-0.05, 0) is 24.9 Å². The van der Waals surface area contributed by atoms with E-state index < -0.39 is 0 Å². The molecule has 0 saturated heterocycles. The first-order chi connectivity index (χ1) is 6.36. The molecule has 1 rings (SSSR count). The lowest BCUT2D eigenvalue weighted by Crippen LogP contribution is -2.30. The van der Waals surface area contributed by atoms with Crippen molar-refractivity contribution in [2.75, 3.05) is 6.54 Å². The minimum absolute atomic E-state index is 0.632. The van der Waals surface area contributed by atoms with E-state index in [2.05, 4.69) is 49.5 Å². The lowest BCUT2D eigenvalue weighted by Gasteiger charge is -2.15. The zero-order valence-electron chi connectivity index (χ0n) is 8.59. The highest BCUT2D eigenvalue weighted by Crippen LogP contribution is 2.04. The van der Waals surface area contributed by atoms with E-state index >= 15 is 0 Å². The van der Waals surface area contributed by atoms with Gasteiger partial charge < -0.3 is 5.32 Å². The van der Waals surface area contributed by atoms with Crippen LogP contribution < -0.4 is 5.32 Å². The molecule has 0 saturated carbocycles. The number of hydrogen-bond donors (Lipinski definition) is 1. The minimum Gasteiger partial charge on any atom is -0.314 e. The van der Waals surface area contributed by atoms with E-state index in [0.717, 1.165) is 13.0 Å². The third-order valence-electron chi connectivity index (χ3n) is 2.31. The maximum Gasteiger partial charge on any atom is 0.0105 e. The van der Waals surface area contributed by atoms with Crippen LogP contribution in [0.25, 0.3) is 0 Å². The molecule has 0 aliphatic heterocycles. The van der Waals surface area contributed by atoms with Crippen LogP contribution in [0.1, 0.15) is 25.8 Å². The summed E-state index contributed by atoms with van der Waals surface area (Å²) < 4.78 is 0. The summed E-state index contributed by atoms with van der Waals surface area (Å²) >= 11 is 0. The second-order valence-electron chi connectivity index (χ2n) is 3.35. The van der Waals surface area contributed by atoms with E-state index in [4.69, 9.17) is 0 Å². The average Bonchev–Trinajstić information content (AvgIpc) is 2.19. The first kappa shape index (κ1) is 10.3. The van der Waals surface area contributed by atoms with Gasteiger partial charge in [-0.3, -0.25) is 0 Å². The Bertz CT molecular complexity index is 218. The lowest BCUT2D eigenvalue weighted by atomic mass is 10.0. The predicted octanol–water partition coefficient (Wildman–Crippen LogP) is 2.62. The number of rotatable bonds is 5. The standard InChI is InChI=1S/C12H19N/c1-3-12(13-4-2)10-11-8-6-5-7-9-11/h5-9,12-13H,3-4,10H2,1-2H3/t12-/m1/s1. The molecular weight excluding hydrogens is 158 g/mol. The summed E-state index contributed by atoms with van der Waals surface area (Å²) in [5.74, 6) is 0. The van der Waals surface area contributed by atoms with Crippen molar-refractivity contribution in [3.8, 4) is 0 Å². The molecule has 1 N–H and O–H groups in total. The molecule has 0 amide bonds. The fourth-order valence-corrected chi connectivity index (χ4v) is 1.55. The molecule has 0 spiro atoms. The fraction of sp³-hybridized carbons (Fsp3) is 0.500. The Morgan fingerprint density at radius 1 is 1.15 bits per heavy atom. The summed E-state index contributed by atoms with van der Waals surface area (Å²) in [6, 6.07) is 11.3. The smallest absolute Gasteiger partial charge is 0.0105 e. The van der Waals surface area contributed by atoms with E-state index in [0.29, 0.717) is 6.04 Å². The van der Waals surface area contributed by atoms with Crippen molar-refractivity contribution in [3.05, 3.63) is 35.9 Å². The van der Waals surface area contributed by atoms with Crippen molar-refractivity contribution in [3.63, 3.8) is 0 Å². The molecule has 0 heterocycles. The van der Waals surface area contributed by atoms with Crippen LogP contribution in [0.2, 0.25) is 0 Å². The van der Waals surface area contributed by atoms with Crippen molar-refractivity contribution in [2.45, 2.75) is 32.7 Å². The van der Waals surface area contributed by atoms with Gasteiger partial charge in [0.25, 0.3) is 0 Å². The second-order valence-corrected chi connectivity index (χ2v) is 3.35. The quantitative estimate of drug-likeness (QED) is 0.729. The van der Waals surface area contributed by atoms with Crippen molar-refractivity contribution in [2.24, 2.45) is 0 Å². The third-order valence-corrected chi connectivity index (χ3v) is 2.31. The van der Waals surface area contributed by atoms with Gasteiger partial charge in [0.05, 0.1) is 0 Å². The van der Waals surface area contributed by atoms with Crippen LogP contribution in [0.3, 0.4) is 0 Å². The van der Waals surface area contributed by atoms with E-state index in [9.17, 15) is 0 Å². The highest BCUT2D eigenvalue weighted by Gasteiger charge is 2.04. The van der Waals surface area contributed by atoms with Crippen LogP contribution in [-0.2, 0) is 6.42 Å². The molecule has 0 aromatic heterocycles. The molecule has 0 aliphatic rings. The normalized spacial score (nSPS) is 12.8. The molecule has 13 heavy (non-hydrogen) atoms. The van der Waals surface area contributed by atoms with E-state index in [1.54, 1.807) is 0 Å². The molecule has 0 unspecified atom stereocenters. The first-order valence-electron chi connectivity index (χ1n) is 5.14. The first-order valence-corrected chi connectivity index (χ1v) is 5.14. The van der Waals surface area contributed by atoms with Gasteiger partial charge in [-0.1, -0.05) is 44.2 Å². The number of likely N-dealkylation sites (N-methyl/N-ethyl adjacent to an activating group) is 1. The van der Waals surface area contributed by atoms with Crippen molar-refractivity contribution in [1.82, 2.24) is 5.32 Å². The molecule has 1 aromatic carbocycles.